The highest BCUT2D eigenvalue weighted by atomic mass is 79.9. The molecule has 0 aromatic heterocycles. The maximum atomic E-state index is 12.6. The Morgan fingerprint density at radius 1 is 1.26 bits per heavy atom. The molecule has 1 fully saturated rings. The summed E-state index contributed by atoms with van der Waals surface area (Å²) < 4.78 is 33.2. The first-order chi connectivity index (χ1) is 8.80. The largest absolute Gasteiger partial charge is 0.373 e. The summed E-state index contributed by atoms with van der Waals surface area (Å²) in [5.74, 6) is 0. The van der Waals surface area contributed by atoms with Gasteiger partial charge >= 0.3 is 0 Å². The summed E-state index contributed by atoms with van der Waals surface area (Å²) >= 11 is 3.38. The van der Waals surface area contributed by atoms with Crippen molar-refractivity contribution in [2.75, 3.05) is 13.1 Å². The molecule has 0 spiro atoms. The zero-order valence-corrected chi connectivity index (χ0v) is 13.7. The summed E-state index contributed by atoms with van der Waals surface area (Å²) in [6.45, 7) is 6.48. The van der Waals surface area contributed by atoms with Crippen LogP contribution in [0, 0.1) is 6.92 Å². The molecule has 0 saturated carbocycles. The van der Waals surface area contributed by atoms with E-state index >= 15 is 0 Å². The molecule has 2 rings (SSSR count). The molecule has 0 N–H and O–H groups in total. The Hall–Kier alpha value is -0.430. The average molecular weight is 348 g/mol. The van der Waals surface area contributed by atoms with Gasteiger partial charge in [0.2, 0.25) is 10.0 Å². The van der Waals surface area contributed by atoms with E-state index in [4.69, 9.17) is 4.74 Å². The molecule has 19 heavy (non-hydrogen) atoms. The van der Waals surface area contributed by atoms with Gasteiger partial charge in [0.1, 0.15) is 0 Å². The molecule has 0 unspecified atom stereocenters. The first-order valence-corrected chi connectivity index (χ1v) is 8.46. The summed E-state index contributed by atoms with van der Waals surface area (Å²) in [7, 11) is -3.43. The second-order valence-electron chi connectivity index (χ2n) is 4.99. The van der Waals surface area contributed by atoms with Crippen LogP contribution in [-0.4, -0.2) is 38.0 Å². The maximum absolute atomic E-state index is 12.6. The minimum absolute atomic E-state index is 0.0740. The standard InChI is InChI=1S/C13H18BrNO3S/c1-9-6-12(4-5-13(9)14)19(16,17)15-7-10(2)18-11(3)8-15/h4-6,10-11H,7-8H2,1-3H3/t10-,11+. The van der Waals surface area contributed by atoms with Gasteiger partial charge < -0.3 is 4.74 Å². The Bertz CT molecular complexity index is 563. The first-order valence-electron chi connectivity index (χ1n) is 6.22. The number of sulfonamides is 1. The minimum Gasteiger partial charge on any atom is -0.373 e. The highest BCUT2D eigenvalue weighted by molar-refractivity contribution is 9.10. The molecule has 1 saturated heterocycles. The summed E-state index contributed by atoms with van der Waals surface area (Å²) in [5.41, 5.74) is 0.912. The smallest absolute Gasteiger partial charge is 0.243 e. The number of ether oxygens (including phenoxy) is 1. The molecule has 0 aliphatic carbocycles. The van der Waals surface area contributed by atoms with Crippen LogP contribution < -0.4 is 0 Å². The van der Waals surface area contributed by atoms with E-state index in [1.807, 2.05) is 20.8 Å². The Morgan fingerprint density at radius 3 is 2.37 bits per heavy atom. The lowest BCUT2D eigenvalue weighted by molar-refractivity contribution is -0.0440. The highest BCUT2D eigenvalue weighted by Gasteiger charge is 2.32. The van der Waals surface area contributed by atoms with Crippen LogP contribution in [0.3, 0.4) is 0 Å². The number of nitrogens with zero attached hydrogens (tertiary/aromatic N) is 1. The average Bonchev–Trinajstić information content (AvgIpc) is 2.31. The van der Waals surface area contributed by atoms with E-state index in [0.717, 1.165) is 10.0 Å². The van der Waals surface area contributed by atoms with Crippen molar-refractivity contribution in [2.24, 2.45) is 0 Å². The van der Waals surface area contributed by atoms with Crippen molar-refractivity contribution in [3.05, 3.63) is 28.2 Å². The fourth-order valence-corrected chi connectivity index (χ4v) is 4.18. The number of halogens is 1. The van der Waals surface area contributed by atoms with Gasteiger partial charge in [-0.15, -0.1) is 0 Å². The molecule has 4 nitrogen and oxygen atoms in total. The van der Waals surface area contributed by atoms with E-state index < -0.39 is 10.0 Å². The molecule has 6 heteroatoms. The molecule has 0 radical (unpaired) electrons. The predicted molar refractivity (Wildman–Crippen MR) is 77.6 cm³/mol. The van der Waals surface area contributed by atoms with E-state index in [-0.39, 0.29) is 12.2 Å². The molecule has 0 amide bonds. The van der Waals surface area contributed by atoms with Crippen molar-refractivity contribution >= 4 is 26.0 Å². The minimum atomic E-state index is -3.43. The second-order valence-corrected chi connectivity index (χ2v) is 7.78. The zero-order valence-electron chi connectivity index (χ0n) is 11.3. The fraction of sp³-hybridized carbons (Fsp3) is 0.538. The molecule has 0 bridgehead atoms. The highest BCUT2D eigenvalue weighted by Crippen LogP contribution is 2.24. The lowest BCUT2D eigenvalue weighted by Gasteiger charge is -2.34. The molecule has 106 valence electrons. The van der Waals surface area contributed by atoms with Crippen LogP contribution >= 0.6 is 15.9 Å². The third kappa shape index (κ3) is 3.18. The topological polar surface area (TPSA) is 46.6 Å². The van der Waals surface area contributed by atoms with Gasteiger partial charge in [0.05, 0.1) is 17.1 Å². The molecule has 1 aromatic rings. The van der Waals surface area contributed by atoms with Crippen LogP contribution in [0.4, 0.5) is 0 Å². The van der Waals surface area contributed by atoms with Crippen LogP contribution in [0.2, 0.25) is 0 Å². The SMILES string of the molecule is Cc1cc(S(=O)(=O)N2C[C@@H](C)O[C@@H](C)C2)ccc1Br. The van der Waals surface area contributed by atoms with Gasteiger partial charge in [0.25, 0.3) is 0 Å². The number of benzene rings is 1. The lowest BCUT2D eigenvalue weighted by atomic mass is 10.2. The van der Waals surface area contributed by atoms with E-state index in [9.17, 15) is 8.42 Å². The second kappa shape index (κ2) is 5.52. The summed E-state index contributed by atoms with van der Waals surface area (Å²) in [5, 5.41) is 0. The molecule has 1 aliphatic heterocycles. The maximum Gasteiger partial charge on any atom is 0.243 e. The molecule has 2 atom stereocenters. The molecule has 1 heterocycles. The van der Waals surface area contributed by atoms with Gasteiger partial charge in [-0.05, 0) is 44.5 Å². The van der Waals surface area contributed by atoms with Gasteiger partial charge in [-0.25, -0.2) is 8.42 Å². The van der Waals surface area contributed by atoms with Crippen molar-refractivity contribution in [1.82, 2.24) is 4.31 Å². The van der Waals surface area contributed by atoms with E-state index in [1.165, 1.54) is 4.31 Å². The lowest BCUT2D eigenvalue weighted by Crippen LogP contribution is -2.48. The predicted octanol–water partition coefficient (Wildman–Crippen LogP) is 2.56. The van der Waals surface area contributed by atoms with Crippen LogP contribution in [0.1, 0.15) is 19.4 Å². The number of aryl methyl sites for hydroxylation is 1. The van der Waals surface area contributed by atoms with Crippen molar-refractivity contribution in [3.63, 3.8) is 0 Å². The Balaban J connectivity index is 2.33. The molecular formula is C13H18BrNO3S. The summed E-state index contributed by atoms with van der Waals surface area (Å²) in [4.78, 5) is 0.342. The number of hydrogen-bond acceptors (Lipinski definition) is 3. The zero-order chi connectivity index (χ0) is 14.2. The first kappa shape index (κ1) is 15.0. The van der Waals surface area contributed by atoms with Crippen molar-refractivity contribution in [3.8, 4) is 0 Å². The fourth-order valence-electron chi connectivity index (χ4n) is 2.25. The summed E-state index contributed by atoms with van der Waals surface area (Å²) in [6.07, 6.45) is -0.148. The quantitative estimate of drug-likeness (QED) is 0.825. The number of morpholine rings is 1. The van der Waals surface area contributed by atoms with E-state index in [1.54, 1.807) is 18.2 Å². The van der Waals surface area contributed by atoms with Gasteiger partial charge in [-0.2, -0.15) is 4.31 Å². The van der Waals surface area contributed by atoms with Crippen LogP contribution in [0.5, 0.6) is 0 Å². The van der Waals surface area contributed by atoms with Crippen molar-refractivity contribution < 1.29 is 13.2 Å². The number of hydrogen-bond donors (Lipinski definition) is 0. The van der Waals surface area contributed by atoms with Gasteiger partial charge in [0.15, 0.2) is 0 Å². The van der Waals surface area contributed by atoms with E-state index in [2.05, 4.69) is 15.9 Å². The third-order valence-electron chi connectivity index (χ3n) is 3.15. The van der Waals surface area contributed by atoms with Crippen molar-refractivity contribution in [1.29, 1.82) is 0 Å². The van der Waals surface area contributed by atoms with Crippen molar-refractivity contribution in [2.45, 2.75) is 37.9 Å². The van der Waals surface area contributed by atoms with Crippen LogP contribution in [0.15, 0.2) is 27.6 Å². The van der Waals surface area contributed by atoms with Gasteiger partial charge in [0, 0.05) is 17.6 Å². The normalized spacial score (nSPS) is 25.5. The number of rotatable bonds is 2. The van der Waals surface area contributed by atoms with Crippen LogP contribution in [-0.2, 0) is 14.8 Å². The molecular weight excluding hydrogens is 330 g/mol. The molecule has 1 aromatic carbocycles. The van der Waals surface area contributed by atoms with E-state index in [0.29, 0.717) is 18.0 Å². The summed E-state index contributed by atoms with van der Waals surface area (Å²) in [6, 6.07) is 5.11. The monoisotopic (exact) mass is 347 g/mol. The Labute approximate surface area is 122 Å². The Morgan fingerprint density at radius 2 is 1.84 bits per heavy atom. The third-order valence-corrected chi connectivity index (χ3v) is 5.87. The van der Waals surface area contributed by atoms with Crippen LogP contribution in [0.25, 0.3) is 0 Å². The van der Waals surface area contributed by atoms with Gasteiger partial charge in [-0.1, -0.05) is 15.9 Å². The van der Waals surface area contributed by atoms with Gasteiger partial charge in [-0.3, -0.25) is 0 Å². The Kier molecular flexibility index (Phi) is 4.35. The molecule has 1 aliphatic rings.